The van der Waals surface area contributed by atoms with E-state index in [2.05, 4.69) is 4.74 Å². The Kier molecular flexibility index (Phi) is 4.21. The lowest BCUT2D eigenvalue weighted by molar-refractivity contribution is -0.385. The summed E-state index contributed by atoms with van der Waals surface area (Å²) in [4.78, 5) is 36.1. The Morgan fingerprint density at radius 3 is 2.76 bits per heavy atom. The first kappa shape index (κ1) is 15.0. The zero-order chi connectivity index (χ0) is 15.6. The van der Waals surface area contributed by atoms with Crippen molar-refractivity contribution in [3.63, 3.8) is 0 Å². The van der Waals surface area contributed by atoms with Gasteiger partial charge in [0.25, 0.3) is 11.6 Å². The summed E-state index contributed by atoms with van der Waals surface area (Å²) < 4.78 is 4.69. The van der Waals surface area contributed by atoms with Gasteiger partial charge in [0, 0.05) is 12.6 Å². The maximum Gasteiger partial charge on any atom is 0.328 e. The van der Waals surface area contributed by atoms with Crippen molar-refractivity contribution in [3.05, 3.63) is 39.4 Å². The molecule has 1 saturated heterocycles. The molecule has 1 aromatic carbocycles. The number of hydrogen-bond donors (Lipinski definition) is 0. The number of aryl methyl sites for hydroxylation is 1. The molecule has 1 aliphatic rings. The van der Waals surface area contributed by atoms with Crippen LogP contribution in [0.1, 0.15) is 28.8 Å². The zero-order valence-corrected chi connectivity index (χ0v) is 11.9. The fraction of sp³-hybridized carbons (Fsp3) is 0.429. The van der Waals surface area contributed by atoms with Crippen LogP contribution in [-0.4, -0.2) is 41.4 Å². The number of benzene rings is 1. The minimum Gasteiger partial charge on any atom is -0.467 e. The van der Waals surface area contributed by atoms with E-state index in [9.17, 15) is 19.7 Å². The molecule has 1 aliphatic heterocycles. The Labute approximate surface area is 121 Å². The molecule has 1 atom stereocenters. The molecule has 0 unspecified atom stereocenters. The molecule has 0 aliphatic carbocycles. The number of carbonyl (C=O) groups is 2. The summed E-state index contributed by atoms with van der Waals surface area (Å²) in [5, 5.41) is 11.1. The van der Waals surface area contributed by atoms with Gasteiger partial charge in [0.15, 0.2) is 0 Å². The Morgan fingerprint density at radius 2 is 2.14 bits per heavy atom. The molecule has 1 heterocycles. The minimum atomic E-state index is -0.664. The number of nitrogens with zero attached hydrogens (tertiary/aromatic N) is 2. The lowest BCUT2D eigenvalue weighted by atomic mass is 10.1. The van der Waals surface area contributed by atoms with Gasteiger partial charge in [-0.1, -0.05) is 6.07 Å². The highest BCUT2D eigenvalue weighted by Crippen LogP contribution is 2.26. The summed E-state index contributed by atoms with van der Waals surface area (Å²) in [5.74, 6) is -0.991. The highest BCUT2D eigenvalue weighted by molar-refractivity contribution is 6.00. The molecule has 7 nitrogen and oxygen atoms in total. The summed E-state index contributed by atoms with van der Waals surface area (Å²) in [6.07, 6.45) is 1.18. The molecule has 7 heteroatoms. The number of methoxy groups -OCH3 is 1. The van der Waals surface area contributed by atoms with E-state index in [1.807, 2.05) is 0 Å². The fourth-order valence-electron chi connectivity index (χ4n) is 2.53. The highest BCUT2D eigenvalue weighted by atomic mass is 16.6. The summed E-state index contributed by atoms with van der Waals surface area (Å²) >= 11 is 0. The van der Waals surface area contributed by atoms with E-state index < -0.39 is 22.8 Å². The number of carbonyl (C=O) groups excluding carboxylic acids is 2. The van der Waals surface area contributed by atoms with Gasteiger partial charge in [0.2, 0.25) is 0 Å². The predicted octanol–water partition coefficient (Wildman–Crippen LogP) is 1.68. The first-order valence-electron chi connectivity index (χ1n) is 6.59. The Balaban J connectivity index is 2.37. The van der Waals surface area contributed by atoms with Crippen LogP contribution in [0.3, 0.4) is 0 Å². The molecule has 112 valence electrons. The number of likely N-dealkylation sites (tertiary alicyclic amines) is 1. The quantitative estimate of drug-likeness (QED) is 0.480. The smallest absolute Gasteiger partial charge is 0.328 e. The van der Waals surface area contributed by atoms with Crippen LogP contribution in [0, 0.1) is 17.0 Å². The van der Waals surface area contributed by atoms with Gasteiger partial charge in [-0.2, -0.15) is 0 Å². The van der Waals surface area contributed by atoms with Crippen LogP contribution in [0.5, 0.6) is 0 Å². The Hall–Kier alpha value is -2.44. The second-order valence-electron chi connectivity index (χ2n) is 4.96. The van der Waals surface area contributed by atoms with Crippen LogP contribution < -0.4 is 0 Å². The van der Waals surface area contributed by atoms with E-state index in [1.54, 1.807) is 13.0 Å². The topological polar surface area (TPSA) is 89.8 Å². The lowest BCUT2D eigenvalue weighted by Crippen LogP contribution is -2.41. The van der Waals surface area contributed by atoms with Gasteiger partial charge in [-0.15, -0.1) is 0 Å². The number of rotatable bonds is 3. The van der Waals surface area contributed by atoms with Crippen molar-refractivity contribution in [3.8, 4) is 0 Å². The molecule has 0 aromatic heterocycles. The summed E-state index contributed by atoms with van der Waals surface area (Å²) in [7, 11) is 1.26. The van der Waals surface area contributed by atoms with E-state index in [0.717, 1.165) is 5.56 Å². The normalized spacial score (nSPS) is 17.6. The van der Waals surface area contributed by atoms with Gasteiger partial charge in [0.1, 0.15) is 11.6 Å². The van der Waals surface area contributed by atoms with Crippen molar-refractivity contribution in [1.82, 2.24) is 4.90 Å². The van der Waals surface area contributed by atoms with Crippen molar-refractivity contribution < 1.29 is 19.2 Å². The van der Waals surface area contributed by atoms with E-state index in [1.165, 1.54) is 24.1 Å². The third-order valence-electron chi connectivity index (χ3n) is 3.57. The van der Waals surface area contributed by atoms with Crippen molar-refractivity contribution in [2.75, 3.05) is 13.7 Å². The van der Waals surface area contributed by atoms with Gasteiger partial charge in [-0.25, -0.2) is 4.79 Å². The van der Waals surface area contributed by atoms with Gasteiger partial charge in [-0.3, -0.25) is 14.9 Å². The van der Waals surface area contributed by atoms with E-state index in [0.29, 0.717) is 19.4 Å². The van der Waals surface area contributed by atoms with Gasteiger partial charge in [-0.05, 0) is 31.4 Å². The third kappa shape index (κ3) is 2.86. The molecule has 0 bridgehead atoms. The van der Waals surface area contributed by atoms with Crippen molar-refractivity contribution in [2.24, 2.45) is 0 Å². The fourth-order valence-corrected chi connectivity index (χ4v) is 2.53. The molecular formula is C14H16N2O5. The lowest BCUT2D eigenvalue weighted by Gasteiger charge is -2.22. The average molecular weight is 292 g/mol. The molecule has 2 rings (SSSR count). The van der Waals surface area contributed by atoms with Crippen LogP contribution >= 0.6 is 0 Å². The number of nitro benzene ring substituents is 1. The van der Waals surface area contributed by atoms with Crippen LogP contribution in [0.25, 0.3) is 0 Å². The van der Waals surface area contributed by atoms with Crippen LogP contribution in [-0.2, 0) is 9.53 Å². The Morgan fingerprint density at radius 1 is 1.43 bits per heavy atom. The highest BCUT2D eigenvalue weighted by Gasteiger charge is 2.37. The largest absolute Gasteiger partial charge is 0.467 e. The molecule has 0 N–H and O–H groups in total. The maximum absolute atomic E-state index is 12.6. The molecule has 0 radical (unpaired) electrons. The SMILES string of the molecule is COC(=O)[C@@H]1CCCN1C(=O)c1cc(C)ccc1[N+](=O)[O-]. The molecule has 0 saturated carbocycles. The maximum atomic E-state index is 12.6. The van der Waals surface area contributed by atoms with Crippen LogP contribution in [0.2, 0.25) is 0 Å². The number of esters is 1. The molecule has 21 heavy (non-hydrogen) atoms. The molecular weight excluding hydrogens is 276 g/mol. The van der Waals surface area contributed by atoms with Crippen LogP contribution in [0.4, 0.5) is 5.69 Å². The Bertz CT molecular complexity index is 599. The van der Waals surface area contributed by atoms with E-state index >= 15 is 0 Å². The number of nitro groups is 1. The zero-order valence-electron chi connectivity index (χ0n) is 11.9. The van der Waals surface area contributed by atoms with Crippen LogP contribution in [0.15, 0.2) is 18.2 Å². The summed E-state index contributed by atoms with van der Waals surface area (Å²) in [6, 6.07) is 3.71. The molecule has 1 amide bonds. The molecule has 1 aromatic rings. The van der Waals surface area contributed by atoms with E-state index in [4.69, 9.17) is 0 Å². The predicted molar refractivity (Wildman–Crippen MR) is 73.9 cm³/mol. The van der Waals surface area contributed by atoms with Gasteiger partial charge < -0.3 is 9.64 Å². The van der Waals surface area contributed by atoms with E-state index in [-0.39, 0.29) is 11.3 Å². The number of ether oxygens (including phenoxy) is 1. The summed E-state index contributed by atoms with van der Waals surface area (Å²) in [6.45, 7) is 2.14. The van der Waals surface area contributed by atoms with Crippen molar-refractivity contribution in [2.45, 2.75) is 25.8 Å². The first-order valence-corrected chi connectivity index (χ1v) is 6.59. The standard InChI is InChI=1S/C14H16N2O5/c1-9-5-6-11(16(19)20)10(8-9)13(17)15-7-3-4-12(15)14(18)21-2/h5-6,8,12H,3-4,7H2,1-2H3/t12-/m0/s1. The monoisotopic (exact) mass is 292 g/mol. The van der Waals surface area contributed by atoms with Crippen molar-refractivity contribution in [1.29, 1.82) is 0 Å². The molecule has 1 fully saturated rings. The second kappa shape index (κ2) is 5.90. The van der Waals surface area contributed by atoms with Gasteiger partial charge >= 0.3 is 5.97 Å². The summed E-state index contributed by atoms with van der Waals surface area (Å²) in [5.41, 5.74) is 0.509. The average Bonchev–Trinajstić information content (AvgIpc) is 2.94. The second-order valence-corrected chi connectivity index (χ2v) is 4.96. The van der Waals surface area contributed by atoms with Crippen molar-refractivity contribution >= 4 is 17.6 Å². The minimum absolute atomic E-state index is 0.0100. The molecule has 0 spiro atoms. The van der Waals surface area contributed by atoms with Gasteiger partial charge in [0.05, 0.1) is 12.0 Å². The number of amides is 1. The third-order valence-corrected chi connectivity index (χ3v) is 3.57. The first-order chi connectivity index (χ1) is 9.95. The number of hydrogen-bond acceptors (Lipinski definition) is 5.